The highest BCUT2D eigenvalue weighted by molar-refractivity contribution is 5.88. The lowest BCUT2D eigenvalue weighted by atomic mass is 10.0. The smallest absolute Gasteiger partial charge is 0.335 e. The molecule has 0 unspecified atom stereocenters. The molecule has 5 heteroatoms. The molecule has 0 N–H and O–H groups in total. The topological polar surface area (TPSA) is 61.8 Å². The van der Waals surface area contributed by atoms with Gasteiger partial charge in [0.05, 0.1) is 37.6 Å². The molecule has 49 heavy (non-hydrogen) atoms. The van der Waals surface area contributed by atoms with Crippen LogP contribution in [0.4, 0.5) is 0 Å². The number of esters is 2. The number of carbonyl (C=O) groups excluding carboxylic acids is 2. The largest absolute Gasteiger partial charge is 0.462 e. The molecule has 288 valence electrons. The number of rotatable bonds is 38. The van der Waals surface area contributed by atoms with E-state index in [-0.39, 0.29) is 24.4 Å². The van der Waals surface area contributed by atoms with Crippen LogP contribution < -0.4 is 0 Å². The number of unbranched alkanes of at least 4 members (excludes halogenated alkanes) is 24. The summed E-state index contributed by atoms with van der Waals surface area (Å²) in [4.78, 5) is 24.4. The Morgan fingerprint density at radius 2 is 0.612 bits per heavy atom. The van der Waals surface area contributed by atoms with Crippen LogP contribution in [0.2, 0.25) is 0 Å². The summed E-state index contributed by atoms with van der Waals surface area (Å²) in [6, 6.07) is 0. The molecule has 0 rings (SSSR count). The third-order valence-electron chi connectivity index (χ3n) is 9.45. The van der Waals surface area contributed by atoms with E-state index < -0.39 is 11.9 Å². The molecule has 0 amide bonds. The zero-order chi connectivity index (χ0) is 36.2. The van der Waals surface area contributed by atoms with Crippen molar-refractivity contribution in [1.29, 1.82) is 0 Å². The normalized spacial score (nSPS) is 11.4. The summed E-state index contributed by atoms with van der Waals surface area (Å²) >= 11 is 0. The van der Waals surface area contributed by atoms with Crippen molar-refractivity contribution in [2.24, 2.45) is 11.8 Å². The van der Waals surface area contributed by atoms with Gasteiger partial charge in [-0.15, -0.1) is 0 Å². The maximum Gasteiger partial charge on any atom is 0.335 e. The van der Waals surface area contributed by atoms with Crippen molar-refractivity contribution in [3.8, 4) is 0 Å². The molecule has 0 saturated carbocycles. The molecule has 0 aliphatic carbocycles. The highest BCUT2D eigenvalue weighted by atomic mass is 16.5. The average Bonchev–Trinajstić information content (AvgIpc) is 3.07. The Balaban J connectivity index is 3.49. The lowest BCUT2D eigenvalue weighted by Crippen LogP contribution is -2.16. The molecule has 0 aromatic carbocycles. The first-order chi connectivity index (χ1) is 23.7. The second-order valence-electron chi connectivity index (χ2n) is 15.5. The SMILES string of the molecule is C=C(COCC(=C)C(=O)OCCCCCCCCCCCCCCCC(C)C)C(=O)OCCCCCCCCCCCCCCCC(C)C. The third kappa shape index (κ3) is 36.0. The maximum atomic E-state index is 12.2. The monoisotopic (exact) mass is 691 g/mol. The van der Waals surface area contributed by atoms with Gasteiger partial charge in [-0.3, -0.25) is 0 Å². The van der Waals surface area contributed by atoms with Crippen molar-refractivity contribution < 1.29 is 23.8 Å². The Morgan fingerprint density at radius 1 is 0.388 bits per heavy atom. The first kappa shape index (κ1) is 47.4. The number of hydrogen-bond donors (Lipinski definition) is 0. The van der Waals surface area contributed by atoms with Gasteiger partial charge in [-0.1, -0.05) is 208 Å². The second kappa shape index (κ2) is 36.2. The Morgan fingerprint density at radius 3 is 0.857 bits per heavy atom. The summed E-state index contributed by atoms with van der Waals surface area (Å²) < 4.78 is 16.1. The first-order valence-electron chi connectivity index (χ1n) is 21.0. The van der Waals surface area contributed by atoms with E-state index in [1.54, 1.807) is 0 Å². The van der Waals surface area contributed by atoms with E-state index in [1.165, 1.54) is 154 Å². The van der Waals surface area contributed by atoms with Crippen LogP contribution in [0.15, 0.2) is 24.3 Å². The van der Waals surface area contributed by atoms with Crippen LogP contribution in [0.5, 0.6) is 0 Å². The van der Waals surface area contributed by atoms with E-state index in [9.17, 15) is 9.59 Å². The standard InChI is InChI=1S/C44H82O5/c1-39(2)33-29-25-21-17-13-9-7-11-15-19-23-27-31-35-48-43(45)41(5)37-47-38-42(6)44(46)49-36-32-28-24-20-16-12-8-10-14-18-22-26-30-34-40(3)4/h39-40H,5-38H2,1-4H3. The van der Waals surface area contributed by atoms with Crippen molar-refractivity contribution in [1.82, 2.24) is 0 Å². The molecule has 0 aromatic rings. The summed E-state index contributed by atoms with van der Waals surface area (Å²) in [5, 5.41) is 0. The summed E-state index contributed by atoms with van der Waals surface area (Å²) in [6.45, 7) is 17.7. The predicted octanol–water partition coefficient (Wildman–Crippen LogP) is 13.4. The van der Waals surface area contributed by atoms with E-state index in [0.29, 0.717) is 13.2 Å². The molecule has 0 radical (unpaired) electrons. The fourth-order valence-corrected chi connectivity index (χ4v) is 6.15. The van der Waals surface area contributed by atoms with Crippen molar-refractivity contribution >= 4 is 11.9 Å². The molecule has 0 heterocycles. The van der Waals surface area contributed by atoms with Gasteiger partial charge >= 0.3 is 11.9 Å². The lowest BCUT2D eigenvalue weighted by Gasteiger charge is -2.10. The minimum absolute atomic E-state index is 0.0156. The van der Waals surface area contributed by atoms with Crippen LogP contribution in [-0.2, 0) is 23.8 Å². The highest BCUT2D eigenvalue weighted by Gasteiger charge is 2.12. The number of carbonyl (C=O) groups is 2. The fourth-order valence-electron chi connectivity index (χ4n) is 6.15. The summed E-state index contributed by atoms with van der Waals surface area (Å²) in [5.41, 5.74) is 0.508. The molecule has 0 spiro atoms. The van der Waals surface area contributed by atoms with E-state index in [2.05, 4.69) is 40.9 Å². The molecule has 0 aliphatic heterocycles. The van der Waals surface area contributed by atoms with Gasteiger partial charge in [0.2, 0.25) is 0 Å². The zero-order valence-corrected chi connectivity index (χ0v) is 33.2. The number of ether oxygens (including phenoxy) is 3. The van der Waals surface area contributed by atoms with Crippen LogP contribution in [0.3, 0.4) is 0 Å². The molecule has 0 fully saturated rings. The summed E-state index contributed by atoms with van der Waals surface area (Å²) in [5.74, 6) is 0.827. The Hall–Kier alpha value is -1.62. The van der Waals surface area contributed by atoms with Gasteiger partial charge in [-0.25, -0.2) is 9.59 Å². The van der Waals surface area contributed by atoms with Gasteiger partial charge in [0.25, 0.3) is 0 Å². The van der Waals surface area contributed by atoms with E-state index in [1.807, 2.05) is 0 Å². The minimum atomic E-state index is -0.434. The van der Waals surface area contributed by atoms with Crippen LogP contribution in [0.1, 0.15) is 207 Å². The molecule has 0 aliphatic rings. The Labute approximate surface area is 305 Å². The van der Waals surface area contributed by atoms with E-state index >= 15 is 0 Å². The molecule has 0 aromatic heterocycles. The highest BCUT2D eigenvalue weighted by Crippen LogP contribution is 2.16. The average molecular weight is 691 g/mol. The summed E-state index contributed by atoms with van der Waals surface area (Å²) in [7, 11) is 0. The third-order valence-corrected chi connectivity index (χ3v) is 9.45. The van der Waals surface area contributed by atoms with Crippen LogP contribution in [0.25, 0.3) is 0 Å². The predicted molar refractivity (Wildman–Crippen MR) is 210 cm³/mol. The second-order valence-corrected chi connectivity index (χ2v) is 15.5. The van der Waals surface area contributed by atoms with Crippen molar-refractivity contribution in [3.05, 3.63) is 24.3 Å². The minimum Gasteiger partial charge on any atom is -0.462 e. The van der Waals surface area contributed by atoms with E-state index in [0.717, 1.165) is 37.5 Å². The molecule has 0 atom stereocenters. The lowest BCUT2D eigenvalue weighted by molar-refractivity contribution is -0.139. The van der Waals surface area contributed by atoms with Gasteiger partial charge < -0.3 is 14.2 Å². The van der Waals surface area contributed by atoms with Gasteiger partial charge in [-0.05, 0) is 24.7 Å². The number of hydrogen-bond acceptors (Lipinski definition) is 5. The Bertz CT molecular complexity index is 722. The molecule has 5 nitrogen and oxygen atoms in total. The van der Waals surface area contributed by atoms with Crippen LogP contribution >= 0.6 is 0 Å². The quantitative estimate of drug-likeness (QED) is 0.0366. The molecular weight excluding hydrogens is 608 g/mol. The van der Waals surface area contributed by atoms with Gasteiger partial charge in [0.15, 0.2) is 0 Å². The molecule has 0 bridgehead atoms. The van der Waals surface area contributed by atoms with Gasteiger partial charge in [0, 0.05) is 0 Å². The first-order valence-corrected chi connectivity index (χ1v) is 21.0. The summed E-state index contributed by atoms with van der Waals surface area (Å²) in [6.07, 6.45) is 36.3. The molecular formula is C44H82O5. The maximum absolute atomic E-state index is 12.2. The molecule has 0 saturated heterocycles. The van der Waals surface area contributed by atoms with Crippen LogP contribution in [-0.4, -0.2) is 38.4 Å². The van der Waals surface area contributed by atoms with Crippen molar-refractivity contribution in [2.75, 3.05) is 26.4 Å². The Kier molecular flexibility index (Phi) is 35.0. The van der Waals surface area contributed by atoms with Gasteiger partial charge in [-0.2, -0.15) is 0 Å². The van der Waals surface area contributed by atoms with Crippen LogP contribution in [0, 0.1) is 11.8 Å². The van der Waals surface area contributed by atoms with E-state index in [4.69, 9.17) is 14.2 Å². The van der Waals surface area contributed by atoms with Crippen molar-refractivity contribution in [3.63, 3.8) is 0 Å². The van der Waals surface area contributed by atoms with Gasteiger partial charge in [0.1, 0.15) is 0 Å². The fraction of sp³-hybridized carbons (Fsp3) is 0.864. The van der Waals surface area contributed by atoms with Crippen molar-refractivity contribution in [2.45, 2.75) is 207 Å². The zero-order valence-electron chi connectivity index (χ0n) is 33.2.